The molecule has 2 amide bonds. The lowest BCUT2D eigenvalue weighted by Gasteiger charge is -2.24. The zero-order valence-electron chi connectivity index (χ0n) is 11.9. The molecule has 1 aliphatic carbocycles. The van der Waals surface area contributed by atoms with Crippen LogP contribution < -0.4 is 10.6 Å². The monoisotopic (exact) mass is 288 g/mol. The highest BCUT2D eigenvalue weighted by Crippen LogP contribution is 2.27. The summed E-state index contributed by atoms with van der Waals surface area (Å²) in [6, 6.07) is 7.20. The van der Waals surface area contributed by atoms with Crippen LogP contribution in [-0.4, -0.2) is 24.5 Å². The van der Waals surface area contributed by atoms with Crippen molar-refractivity contribution in [2.45, 2.75) is 38.2 Å². The Balaban J connectivity index is 1.53. The third kappa shape index (κ3) is 3.42. The molecule has 0 radical (unpaired) electrons. The van der Waals surface area contributed by atoms with Crippen LogP contribution in [0.2, 0.25) is 0 Å². The minimum Gasteiger partial charge on any atom is -0.368 e. The number of rotatable bonds is 4. The van der Waals surface area contributed by atoms with Gasteiger partial charge in [-0.25, -0.2) is 0 Å². The molecule has 1 aliphatic heterocycles. The van der Waals surface area contributed by atoms with E-state index in [9.17, 15) is 9.59 Å². The van der Waals surface area contributed by atoms with E-state index in [0.717, 1.165) is 43.5 Å². The summed E-state index contributed by atoms with van der Waals surface area (Å²) >= 11 is 0. The topological polar surface area (TPSA) is 67.4 Å². The van der Waals surface area contributed by atoms with Gasteiger partial charge in [0, 0.05) is 23.9 Å². The van der Waals surface area contributed by atoms with Crippen molar-refractivity contribution in [3.63, 3.8) is 0 Å². The number of carbonyl (C=O) groups excluding carboxylic acids is 2. The van der Waals surface area contributed by atoms with Crippen LogP contribution in [0, 0.1) is 5.92 Å². The Kier molecular flexibility index (Phi) is 4.20. The van der Waals surface area contributed by atoms with Gasteiger partial charge >= 0.3 is 0 Å². The van der Waals surface area contributed by atoms with Gasteiger partial charge in [-0.3, -0.25) is 9.59 Å². The second-order valence-corrected chi connectivity index (χ2v) is 5.69. The molecule has 112 valence electrons. The minimum absolute atomic E-state index is 0.0948. The summed E-state index contributed by atoms with van der Waals surface area (Å²) in [5, 5.41) is 5.74. The third-order valence-corrected chi connectivity index (χ3v) is 4.12. The first-order chi connectivity index (χ1) is 10.2. The maximum absolute atomic E-state index is 11.9. The van der Waals surface area contributed by atoms with E-state index in [1.54, 1.807) is 12.1 Å². The van der Waals surface area contributed by atoms with Crippen LogP contribution >= 0.6 is 0 Å². The zero-order chi connectivity index (χ0) is 14.7. The highest BCUT2D eigenvalue weighted by molar-refractivity contribution is 5.95. The molecule has 2 fully saturated rings. The van der Waals surface area contributed by atoms with Crippen LogP contribution in [0.5, 0.6) is 0 Å². The van der Waals surface area contributed by atoms with Gasteiger partial charge in [0.25, 0.3) is 5.91 Å². The van der Waals surface area contributed by atoms with Gasteiger partial charge in [-0.15, -0.1) is 0 Å². The van der Waals surface area contributed by atoms with Gasteiger partial charge < -0.3 is 15.4 Å². The van der Waals surface area contributed by atoms with Crippen molar-refractivity contribution in [1.82, 2.24) is 0 Å². The predicted molar refractivity (Wildman–Crippen MR) is 80.0 cm³/mol. The fourth-order valence-corrected chi connectivity index (χ4v) is 2.56. The quantitative estimate of drug-likeness (QED) is 0.894. The van der Waals surface area contributed by atoms with Crippen molar-refractivity contribution in [3.05, 3.63) is 24.3 Å². The van der Waals surface area contributed by atoms with Gasteiger partial charge in [0.1, 0.15) is 6.10 Å². The fraction of sp³-hybridized carbons (Fsp3) is 0.500. The van der Waals surface area contributed by atoms with E-state index in [4.69, 9.17) is 4.74 Å². The van der Waals surface area contributed by atoms with Gasteiger partial charge in [0.15, 0.2) is 0 Å². The number of amides is 2. The molecule has 21 heavy (non-hydrogen) atoms. The van der Waals surface area contributed by atoms with E-state index >= 15 is 0 Å². The summed E-state index contributed by atoms with van der Waals surface area (Å²) in [6.45, 7) is 0.657. The summed E-state index contributed by atoms with van der Waals surface area (Å²) in [5.41, 5.74) is 1.49. The van der Waals surface area contributed by atoms with Crippen LogP contribution in [0.1, 0.15) is 32.1 Å². The third-order valence-electron chi connectivity index (χ3n) is 4.12. The van der Waals surface area contributed by atoms with Crippen molar-refractivity contribution in [2.75, 3.05) is 17.2 Å². The van der Waals surface area contributed by atoms with Crippen LogP contribution in [-0.2, 0) is 14.3 Å². The first-order valence-corrected chi connectivity index (χ1v) is 7.56. The molecule has 0 unspecified atom stereocenters. The molecule has 3 rings (SSSR count). The van der Waals surface area contributed by atoms with Crippen molar-refractivity contribution >= 4 is 23.2 Å². The molecule has 2 aliphatic rings. The number of carbonyl (C=O) groups is 2. The van der Waals surface area contributed by atoms with Crippen LogP contribution in [0.3, 0.4) is 0 Å². The summed E-state index contributed by atoms with van der Waals surface area (Å²) in [7, 11) is 0. The van der Waals surface area contributed by atoms with E-state index in [2.05, 4.69) is 10.6 Å². The summed E-state index contributed by atoms with van der Waals surface area (Å²) in [6.07, 6.45) is 4.50. The molecule has 1 heterocycles. The van der Waals surface area contributed by atoms with Crippen molar-refractivity contribution in [1.29, 1.82) is 0 Å². The molecule has 1 saturated carbocycles. The van der Waals surface area contributed by atoms with Crippen LogP contribution in [0.25, 0.3) is 0 Å². The number of anilines is 2. The summed E-state index contributed by atoms with van der Waals surface area (Å²) in [4.78, 5) is 23.7. The molecule has 0 spiro atoms. The Labute approximate surface area is 124 Å². The Bertz CT molecular complexity index is 517. The number of benzene rings is 1. The minimum atomic E-state index is -0.331. The Morgan fingerprint density at radius 3 is 2.00 bits per heavy atom. The second-order valence-electron chi connectivity index (χ2n) is 5.69. The van der Waals surface area contributed by atoms with E-state index < -0.39 is 0 Å². The number of hydrogen-bond donors (Lipinski definition) is 2. The summed E-state index contributed by atoms with van der Waals surface area (Å²) < 4.78 is 5.34. The fourth-order valence-electron chi connectivity index (χ4n) is 2.56. The standard InChI is InChI=1S/C16H20N2O3/c19-15(11-3-1-4-11)17-12-6-8-13(9-7-12)18-16(20)14-5-2-10-21-14/h6-9,11,14H,1-5,10H2,(H,17,19)(H,18,20)/t14-/m0/s1. The zero-order valence-corrected chi connectivity index (χ0v) is 11.9. The number of ether oxygens (including phenoxy) is 1. The molecule has 1 aromatic rings. The largest absolute Gasteiger partial charge is 0.368 e. The molecule has 0 bridgehead atoms. The Morgan fingerprint density at radius 1 is 0.905 bits per heavy atom. The van der Waals surface area contributed by atoms with Crippen molar-refractivity contribution < 1.29 is 14.3 Å². The maximum Gasteiger partial charge on any atom is 0.253 e. The molecule has 5 nitrogen and oxygen atoms in total. The molecular formula is C16H20N2O3. The van der Waals surface area contributed by atoms with E-state index in [0.29, 0.717) is 6.61 Å². The lowest BCUT2D eigenvalue weighted by atomic mass is 9.85. The second kappa shape index (κ2) is 6.26. The lowest BCUT2D eigenvalue weighted by Crippen LogP contribution is -2.28. The molecular weight excluding hydrogens is 268 g/mol. The van der Waals surface area contributed by atoms with E-state index in [1.165, 1.54) is 0 Å². The van der Waals surface area contributed by atoms with Gasteiger partial charge in [-0.1, -0.05) is 6.42 Å². The van der Waals surface area contributed by atoms with Crippen LogP contribution in [0.15, 0.2) is 24.3 Å². The van der Waals surface area contributed by atoms with Crippen molar-refractivity contribution in [3.8, 4) is 0 Å². The average molecular weight is 288 g/mol. The van der Waals surface area contributed by atoms with Crippen LogP contribution in [0.4, 0.5) is 11.4 Å². The Hall–Kier alpha value is -1.88. The van der Waals surface area contributed by atoms with Gasteiger partial charge in [-0.2, -0.15) is 0 Å². The highest BCUT2D eigenvalue weighted by Gasteiger charge is 2.25. The highest BCUT2D eigenvalue weighted by atomic mass is 16.5. The molecule has 2 N–H and O–H groups in total. The average Bonchev–Trinajstić information content (AvgIpc) is 2.93. The lowest BCUT2D eigenvalue weighted by molar-refractivity contribution is -0.124. The van der Waals surface area contributed by atoms with E-state index in [-0.39, 0.29) is 23.8 Å². The van der Waals surface area contributed by atoms with Gasteiger partial charge in [0.2, 0.25) is 5.91 Å². The molecule has 1 saturated heterocycles. The summed E-state index contributed by atoms with van der Waals surface area (Å²) in [5.74, 6) is 0.167. The molecule has 1 aromatic carbocycles. The molecule has 5 heteroatoms. The first kappa shape index (κ1) is 14.1. The number of nitrogens with one attached hydrogen (secondary N) is 2. The van der Waals surface area contributed by atoms with Gasteiger partial charge in [0.05, 0.1) is 0 Å². The SMILES string of the molecule is O=C(Nc1ccc(NC(=O)[C@@H]2CCCO2)cc1)C1CCC1. The normalized spacial score (nSPS) is 21.6. The Morgan fingerprint density at radius 2 is 1.52 bits per heavy atom. The van der Waals surface area contributed by atoms with Gasteiger partial charge in [-0.05, 0) is 49.9 Å². The number of hydrogen-bond acceptors (Lipinski definition) is 3. The molecule has 0 aromatic heterocycles. The maximum atomic E-state index is 11.9. The molecule has 1 atom stereocenters. The first-order valence-electron chi connectivity index (χ1n) is 7.56. The smallest absolute Gasteiger partial charge is 0.253 e. The van der Waals surface area contributed by atoms with E-state index in [1.807, 2.05) is 12.1 Å². The predicted octanol–water partition coefficient (Wildman–Crippen LogP) is 2.54. The van der Waals surface area contributed by atoms with Crippen molar-refractivity contribution in [2.24, 2.45) is 5.92 Å².